The summed E-state index contributed by atoms with van der Waals surface area (Å²) < 4.78 is 13.8. The zero-order chi connectivity index (χ0) is 14.8. The second kappa shape index (κ2) is 6.00. The summed E-state index contributed by atoms with van der Waals surface area (Å²) in [4.78, 5) is 6.04. The minimum Gasteiger partial charge on any atom is -0.326 e. The first-order chi connectivity index (χ1) is 10.1. The van der Waals surface area contributed by atoms with Gasteiger partial charge < -0.3 is 10.2 Å². The molecule has 3 nitrogen and oxygen atoms in total. The Kier molecular flexibility index (Phi) is 4.08. The summed E-state index contributed by atoms with van der Waals surface area (Å²) in [6, 6.07) is 9.11. The van der Waals surface area contributed by atoms with E-state index in [2.05, 4.69) is 10.3 Å². The Morgan fingerprint density at radius 2 is 2.14 bits per heavy atom. The van der Waals surface area contributed by atoms with Crippen LogP contribution >= 0.6 is 11.6 Å². The number of pyridine rings is 1. The fraction of sp³-hybridized carbons (Fsp3) is 0.312. The van der Waals surface area contributed by atoms with Gasteiger partial charge in [-0.2, -0.15) is 0 Å². The fourth-order valence-electron chi connectivity index (χ4n) is 2.20. The lowest BCUT2D eigenvalue weighted by molar-refractivity contribution is 0.627. The molecule has 0 amide bonds. The van der Waals surface area contributed by atoms with Gasteiger partial charge in [0.05, 0.1) is 10.7 Å². The molecule has 0 bridgehead atoms. The quantitative estimate of drug-likeness (QED) is 0.908. The van der Waals surface area contributed by atoms with Crippen molar-refractivity contribution in [2.45, 2.75) is 25.4 Å². The summed E-state index contributed by atoms with van der Waals surface area (Å²) >= 11 is 6.30. The van der Waals surface area contributed by atoms with Gasteiger partial charge in [0.2, 0.25) is 0 Å². The van der Waals surface area contributed by atoms with Crippen LogP contribution in [0.4, 0.5) is 15.9 Å². The predicted octanol–water partition coefficient (Wildman–Crippen LogP) is 3.89. The number of halogens is 2. The molecule has 0 atom stereocenters. The highest BCUT2D eigenvalue weighted by molar-refractivity contribution is 6.33. The maximum Gasteiger partial charge on any atom is 0.151 e. The molecular formula is C16H17ClFN3. The van der Waals surface area contributed by atoms with Crippen molar-refractivity contribution >= 4 is 23.1 Å². The molecule has 3 rings (SSSR count). The first-order valence-corrected chi connectivity index (χ1v) is 7.39. The monoisotopic (exact) mass is 305 g/mol. The van der Waals surface area contributed by atoms with Gasteiger partial charge in [0.15, 0.2) is 5.82 Å². The molecule has 1 aromatic carbocycles. The van der Waals surface area contributed by atoms with Crippen molar-refractivity contribution in [3.63, 3.8) is 0 Å². The van der Waals surface area contributed by atoms with Crippen molar-refractivity contribution in [1.82, 2.24) is 10.3 Å². The van der Waals surface area contributed by atoms with Crippen LogP contribution in [-0.4, -0.2) is 18.1 Å². The predicted molar refractivity (Wildman–Crippen MR) is 83.6 cm³/mol. The summed E-state index contributed by atoms with van der Waals surface area (Å²) in [5.74, 6) is 0.259. The normalized spacial score (nSPS) is 14.2. The van der Waals surface area contributed by atoms with Crippen LogP contribution in [0.15, 0.2) is 36.5 Å². The molecule has 1 fully saturated rings. The van der Waals surface area contributed by atoms with Gasteiger partial charge in [-0.15, -0.1) is 0 Å². The van der Waals surface area contributed by atoms with Crippen LogP contribution in [0, 0.1) is 5.82 Å². The lowest BCUT2D eigenvalue weighted by Crippen LogP contribution is -2.17. The molecule has 21 heavy (non-hydrogen) atoms. The van der Waals surface area contributed by atoms with E-state index in [1.807, 2.05) is 6.07 Å². The molecule has 1 aliphatic rings. The van der Waals surface area contributed by atoms with E-state index < -0.39 is 0 Å². The highest BCUT2D eigenvalue weighted by Crippen LogP contribution is 2.30. The van der Waals surface area contributed by atoms with Crippen LogP contribution in [0.1, 0.15) is 18.4 Å². The number of nitrogens with one attached hydrogen (secondary N) is 1. The number of hydrogen-bond acceptors (Lipinski definition) is 3. The topological polar surface area (TPSA) is 28.2 Å². The third-order valence-electron chi connectivity index (χ3n) is 3.58. The van der Waals surface area contributed by atoms with Gasteiger partial charge in [-0.1, -0.05) is 23.7 Å². The Morgan fingerprint density at radius 1 is 1.38 bits per heavy atom. The van der Waals surface area contributed by atoms with E-state index in [0.717, 1.165) is 12.1 Å². The molecule has 110 valence electrons. The zero-order valence-corrected chi connectivity index (χ0v) is 12.6. The molecule has 1 saturated carbocycles. The molecule has 0 aliphatic heterocycles. The van der Waals surface area contributed by atoms with Crippen molar-refractivity contribution < 1.29 is 4.39 Å². The van der Waals surface area contributed by atoms with E-state index in [1.165, 1.54) is 18.9 Å². The smallest absolute Gasteiger partial charge is 0.151 e. The molecule has 1 aromatic heterocycles. The number of hydrogen-bond donors (Lipinski definition) is 1. The lowest BCUT2D eigenvalue weighted by atomic mass is 10.2. The molecule has 1 aliphatic carbocycles. The molecule has 0 spiro atoms. The van der Waals surface area contributed by atoms with Gasteiger partial charge in [-0.3, -0.25) is 0 Å². The standard InChI is InChI=1S/C16H17ClFN3/c1-21(15-5-3-2-4-14(15)18)16-13(17)8-11(10-20-16)9-19-12-6-7-12/h2-5,8,10,12,19H,6-7,9H2,1H3. The molecule has 0 unspecified atom stereocenters. The van der Waals surface area contributed by atoms with E-state index in [0.29, 0.717) is 22.6 Å². The van der Waals surface area contributed by atoms with Gasteiger partial charge in [-0.05, 0) is 36.6 Å². The van der Waals surface area contributed by atoms with Crippen molar-refractivity contribution in [3.05, 3.63) is 52.9 Å². The van der Waals surface area contributed by atoms with Crippen LogP contribution in [0.5, 0.6) is 0 Å². The number of anilines is 2. The summed E-state index contributed by atoms with van der Waals surface area (Å²) in [7, 11) is 1.76. The van der Waals surface area contributed by atoms with E-state index >= 15 is 0 Å². The minimum absolute atomic E-state index is 0.294. The Hall–Kier alpha value is -1.65. The number of benzene rings is 1. The van der Waals surface area contributed by atoms with Gasteiger partial charge >= 0.3 is 0 Å². The van der Waals surface area contributed by atoms with E-state index in [4.69, 9.17) is 11.6 Å². The summed E-state index contributed by atoms with van der Waals surface area (Å²) in [6.07, 6.45) is 4.28. The molecule has 2 aromatic rings. The summed E-state index contributed by atoms with van der Waals surface area (Å²) in [6.45, 7) is 0.765. The molecular weight excluding hydrogens is 289 g/mol. The fourth-order valence-corrected chi connectivity index (χ4v) is 2.52. The summed E-state index contributed by atoms with van der Waals surface area (Å²) in [5.41, 5.74) is 1.49. The van der Waals surface area contributed by atoms with Crippen LogP contribution in [0.25, 0.3) is 0 Å². The lowest BCUT2D eigenvalue weighted by Gasteiger charge is -2.20. The van der Waals surface area contributed by atoms with Gasteiger partial charge in [0.25, 0.3) is 0 Å². The third-order valence-corrected chi connectivity index (χ3v) is 3.86. The van der Waals surface area contributed by atoms with E-state index in [-0.39, 0.29) is 5.82 Å². The van der Waals surface area contributed by atoms with Crippen molar-refractivity contribution in [3.8, 4) is 0 Å². The Balaban J connectivity index is 1.79. The number of nitrogens with zero attached hydrogens (tertiary/aromatic N) is 2. The molecule has 1 heterocycles. The summed E-state index contributed by atoms with van der Waals surface area (Å²) in [5, 5.41) is 3.94. The Morgan fingerprint density at radius 3 is 2.81 bits per heavy atom. The third kappa shape index (κ3) is 3.34. The van der Waals surface area contributed by atoms with Crippen LogP contribution in [0.3, 0.4) is 0 Å². The second-order valence-electron chi connectivity index (χ2n) is 5.31. The van der Waals surface area contributed by atoms with Crippen molar-refractivity contribution in [2.75, 3.05) is 11.9 Å². The maximum absolute atomic E-state index is 13.8. The SMILES string of the molecule is CN(c1ccccc1F)c1ncc(CNC2CC2)cc1Cl. The highest BCUT2D eigenvalue weighted by atomic mass is 35.5. The largest absolute Gasteiger partial charge is 0.326 e. The molecule has 1 N–H and O–H groups in total. The van der Waals surface area contributed by atoms with Gasteiger partial charge in [0.1, 0.15) is 5.82 Å². The van der Waals surface area contributed by atoms with Crippen molar-refractivity contribution in [1.29, 1.82) is 0 Å². The van der Waals surface area contributed by atoms with Gasteiger partial charge in [-0.25, -0.2) is 9.37 Å². The first kappa shape index (κ1) is 14.3. The Bertz CT molecular complexity index is 643. The number of aromatic nitrogens is 1. The van der Waals surface area contributed by atoms with Crippen LogP contribution in [-0.2, 0) is 6.54 Å². The average molecular weight is 306 g/mol. The minimum atomic E-state index is -0.294. The number of rotatable bonds is 5. The molecule has 0 radical (unpaired) electrons. The number of para-hydroxylation sites is 1. The Labute approximate surface area is 128 Å². The van der Waals surface area contributed by atoms with Crippen LogP contribution < -0.4 is 10.2 Å². The highest BCUT2D eigenvalue weighted by Gasteiger charge is 2.20. The van der Waals surface area contributed by atoms with E-state index in [1.54, 1.807) is 36.3 Å². The second-order valence-corrected chi connectivity index (χ2v) is 5.72. The van der Waals surface area contributed by atoms with Crippen LogP contribution in [0.2, 0.25) is 5.02 Å². The average Bonchev–Trinajstić information content (AvgIpc) is 3.29. The molecule has 5 heteroatoms. The van der Waals surface area contributed by atoms with Crippen molar-refractivity contribution in [2.24, 2.45) is 0 Å². The van der Waals surface area contributed by atoms with Gasteiger partial charge in [0, 0.05) is 25.8 Å². The zero-order valence-electron chi connectivity index (χ0n) is 11.8. The first-order valence-electron chi connectivity index (χ1n) is 7.01. The maximum atomic E-state index is 13.8. The van der Waals surface area contributed by atoms with E-state index in [9.17, 15) is 4.39 Å². The molecule has 0 saturated heterocycles.